The summed E-state index contributed by atoms with van der Waals surface area (Å²) in [4.78, 5) is 1.63. The first-order valence-corrected chi connectivity index (χ1v) is 14.8. The van der Waals surface area contributed by atoms with Gasteiger partial charge in [0.1, 0.15) is 14.1 Å². The monoisotopic (exact) mass is 565 g/mol. The molecule has 0 aromatic heterocycles. The van der Waals surface area contributed by atoms with Crippen molar-refractivity contribution in [3.8, 4) is 0 Å². The summed E-state index contributed by atoms with van der Waals surface area (Å²) >= 11 is 0. The number of nitrogens with zero attached hydrogens (tertiary/aromatic N) is 2. The molecule has 1 aliphatic carbocycles. The molecule has 0 fully saturated rings. The van der Waals surface area contributed by atoms with Gasteiger partial charge in [-0.15, -0.1) is 0 Å². The maximum Gasteiger partial charge on any atom is 0.294 e. The lowest BCUT2D eigenvalue weighted by molar-refractivity contribution is -0.462. The largest absolute Gasteiger partial charge is 0.370 e. The van der Waals surface area contributed by atoms with Crippen molar-refractivity contribution in [3.63, 3.8) is 0 Å². The maximum atomic E-state index is 11.6. The molecule has 10 heteroatoms. The predicted octanol–water partition coefficient (Wildman–Crippen LogP) is 4.46. The van der Waals surface area contributed by atoms with Crippen molar-refractivity contribution < 1.29 is 30.5 Å². The second kappa shape index (κ2) is 11.1. The third kappa shape index (κ3) is 6.79. The molecule has 0 saturated heterocycles. The molecule has 0 aliphatic heterocycles. The van der Waals surface area contributed by atoms with E-state index in [4.69, 9.17) is 0 Å². The van der Waals surface area contributed by atoms with E-state index >= 15 is 0 Å². The highest BCUT2D eigenvalue weighted by Crippen LogP contribution is 2.32. The lowest BCUT2D eigenvalue weighted by Crippen LogP contribution is -2.16. The molecule has 0 saturated carbocycles. The second-order valence-corrected chi connectivity index (χ2v) is 12.2. The van der Waals surface area contributed by atoms with E-state index in [9.17, 15) is 25.9 Å². The first-order valence-electron chi connectivity index (χ1n) is 11.9. The highest BCUT2D eigenvalue weighted by molar-refractivity contribution is 7.86. The molecule has 0 unspecified atom stereocenters. The average Bonchev–Trinajstić information content (AvgIpc) is 2.89. The number of anilines is 1. The van der Waals surface area contributed by atoms with Gasteiger partial charge >= 0.3 is 0 Å². The Labute approximate surface area is 229 Å². The Morgan fingerprint density at radius 3 is 1.79 bits per heavy atom. The summed E-state index contributed by atoms with van der Waals surface area (Å²) in [5.41, 5.74) is 6.15. The molecule has 39 heavy (non-hydrogen) atoms. The van der Waals surface area contributed by atoms with Crippen LogP contribution >= 0.6 is 0 Å². The number of benzene rings is 3. The summed E-state index contributed by atoms with van der Waals surface area (Å²) in [6.07, 6.45) is 8.02. The normalized spacial score (nSPS) is 13.5. The van der Waals surface area contributed by atoms with Gasteiger partial charge in [0.05, 0.1) is 9.79 Å². The van der Waals surface area contributed by atoms with E-state index < -0.39 is 20.2 Å². The zero-order chi connectivity index (χ0) is 28.4. The molecule has 0 atom stereocenters. The predicted molar refractivity (Wildman–Crippen MR) is 152 cm³/mol. The first-order chi connectivity index (χ1) is 18.3. The molecule has 1 aliphatic rings. The van der Waals surface area contributed by atoms with Crippen molar-refractivity contribution >= 4 is 37.2 Å². The van der Waals surface area contributed by atoms with Crippen LogP contribution in [0.5, 0.6) is 0 Å². The number of rotatable bonds is 7. The summed E-state index contributed by atoms with van der Waals surface area (Å²) < 4.78 is 66.8. The van der Waals surface area contributed by atoms with Crippen molar-refractivity contribution in [2.75, 3.05) is 26.0 Å². The summed E-state index contributed by atoms with van der Waals surface area (Å²) in [7, 11) is -2.79. The molecule has 202 valence electrons. The Hall–Kier alpha value is -3.83. The Morgan fingerprint density at radius 1 is 0.744 bits per heavy atom. The molecule has 2 N–H and O–H groups in total. The first kappa shape index (κ1) is 28.2. The zero-order valence-electron chi connectivity index (χ0n) is 21.7. The van der Waals surface area contributed by atoms with E-state index in [0.717, 1.165) is 39.2 Å². The molecule has 8 nitrogen and oxygen atoms in total. The minimum Gasteiger partial charge on any atom is -0.370 e. The van der Waals surface area contributed by atoms with Crippen molar-refractivity contribution in [1.82, 2.24) is 0 Å². The molecular weight excluding hydrogens is 536 g/mol. The molecule has 0 bridgehead atoms. The van der Waals surface area contributed by atoms with Crippen LogP contribution in [0.4, 0.5) is 5.69 Å². The van der Waals surface area contributed by atoms with E-state index in [-0.39, 0.29) is 9.79 Å². The Balaban J connectivity index is 1.69. The fourth-order valence-corrected chi connectivity index (χ4v) is 5.30. The van der Waals surface area contributed by atoms with Gasteiger partial charge in [0.2, 0.25) is 0 Å². The van der Waals surface area contributed by atoms with Crippen molar-refractivity contribution in [2.45, 2.75) is 16.3 Å². The topological polar surface area (TPSA) is 115 Å². The molecule has 0 spiro atoms. The average molecular weight is 566 g/mol. The smallest absolute Gasteiger partial charge is 0.294 e. The van der Waals surface area contributed by atoms with Gasteiger partial charge in [-0.05, 0) is 76.4 Å². The summed E-state index contributed by atoms with van der Waals surface area (Å²) in [5, 5.41) is 0. The van der Waals surface area contributed by atoms with Crippen molar-refractivity contribution in [3.05, 3.63) is 119 Å². The minimum absolute atomic E-state index is 0.150. The Kier molecular flexibility index (Phi) is 8.03. The fourth-order valence-electron chi connectivity index (χ4n) is 4.27. The molecule has 3 aromatic rings. The summed E-state index contributed by atoms with van der Waals surface area (Å²) in [5.74, 6) is 0. The van der Waals surface area contributed by atoms with Gasteiger partial charge in [-0.25, -0.2) is 4.58 Å². The lowest BCUT2D eigenvalue weighted by atomic mass is 9.90. The summed E-state index contributed by atoms with van der Waals surface area (Å²) in [6.45, 7) is 0.419. The Bertz CT molecular complexity index is 1710. The molecule has 3 aromatic carbocycles. The van der Waals surface area contributed by atoms with Crippen LogP contribution in [0.1, 0.15) is 16.7 Å². The van der Waals surface area contributed by atoms with Crippen LogP contribution in [0.15, 0.2) is 112 Å². The van der Waals surface area contributed by atoms with E-state index in [1.165, 1.54) is 24.3 Å². The van der Waals surface area contributed by atoms with E-state index in [0.29, 0.717) is 6.54 Å². The van der Waals surface area contributed by atoms with Gasteiger partial charge in [0, 0.05) is 31.4 Å². The number of allylic oxidation sites excluding steroid dienone is 5. The molecule has 0 radical (unpaired) electrons. The highest BCUT2D eigenvalue weighted by atomic mass is 32.2. The third-order valence-corrected chi connectivity index (χ3v) is 8.04. The van der Waals surface area contributed by atoms with Gasteiger partial charge in [0.25, 0.3) is 20.2 Å². The van der Waals surface area contributed by atoms with E-state index in [1.54, 1.807) is 24.3 Å². The van der Waals surface area contributed by atoms with Gasteiger partial charge in [-0.1, -0.05) is 36.4 Å². The van der Waals surface area contributed by atoms with Crippen LogP contribution in [-0.2, 0) is 26.8 Å². The highest BCUT2D eigenvalue weighted by Gasteiger charge is 2.16. The Morgan fingerprint density at radius 2 is 1.28 bits per heavy atom. The third-order valence-electron chi connectivity index (χ3n) is 6.33. The minimum atomic E-state index is -4.31. The maximum absolute atomic E-state index is 11.6. The fraction of sp³-hybridized carbons (Fsp3) is 0.138. The van der Waals surface area contributed by atoms with Crippen molar-refractivity contribution in [1.29, 1.82) is 0 Å². The van der Waals surface area contributed by atoms with Gasteiger partial charge in [-0.2, -0.15) is 16.8 Å². The number of hydrogen-bond acceptors (Lipinski definition) is 5. The lowest BCUT2D eigenvalue weighted by Gasteiger charge is -2.21. The molecule has 0 amide bonds. The van der Waals surface area contributed by atoms with E-state index in [1.807, 2.05) is 79.2 Å². The molecule has 4 rings (SSSR count). The second-order valence-electron chi connectivity index (χ2n) is 9.34. The van der Waals surface area contributed by atoms with Crippen LogP contribution in [0, 0.1) is 0 Å². The number of hydrogen-bond donors (Lipinski definition) is 2. The van der Waals surface area contributed by atoms with Crippen LogP contribution in [0.25, 0.3) is 5.57 Å². The zero-order valence-corrected chi connectivity index (χ0v) is 23.3. The van der Waals surface area contributed by atoms with Crippen LogP contribution in [0.2, 0.25) is 0 Å². The van der Waals surface area contributed by atoms with Crippen LogP contribution in [-0.4, -0.2) is 57.4 Å². The standard InChI is InChI=1S/C29H28N2O6S2/c1-30(2)25-13-7-22(8-14-25)29(24-11-17-27(18-12-24)38(32,33)34)23-9-15-26(16-10-23)31(3)20-21-5-4-6-28(19-21)39(35,36)37/h4-19H,20H2,1-3H3,(H-,32,33,34,35,36,37)/p+1. The quantitative estimate of drug-likeness (QED) is 0.321. The van der Waals surface area contributed by atoms with E-state index in [2.05, 4.69) is 0 Å². The van der Waals surface area contributed by atoms with Crippen molar-refractivity contribution in [2.24, 2.45) is 0 Å². The van der Waals surface area contributed by atoms with Crippen LogP contribution in [0.3, 0.4) is 0 Å². The SMILES string of the molecule is CN(Cc1cccc(S(=O)(=O)O)c1)c1ccc(C(=C2C=CC(=[N+](C)C)C=C2)c2ccc(S(=O)(=O)O)cc2)cc1. The molecule has 0 heterocycles. The van der Waals surface area contributed by atoms with Gasteiger partial charge < -0.3 is 4.90 Å². The van der Waals surface area contributed by atoms with Crippen LogP contribution < -0.4 is 4.90 Å². The van der Waals surface area contributed by atoms with Gasteiger partial charge in [-0.3, -0.25) is 9.11 Å². The summed E-state index contributed by atoms with van der Waals surface area (Å²) in [6, 6.07) is 20.1. The molecular formula is C29H29N2O6S2+. The van der Waals surface area contributed by atoms with Gasteiger partial charge in [0.15, 0.2) is 5.71 Å².